The summed E-state index contributed by atoms with van der Waals surface area (Å²) in [5.74, 6) is -0.215. The lowest BCUT2D eigenvalue weighted by Gasteiger charge is -2.33. The van der Waals surface area contributed by atoms with Crippen molar-refractivity contribution in [2.45, 2.75) is 58.5 Å². The maximum absolute atomic E-state index is 12.8. The molecule has 1 N–H and O–H groups in total. The first kappa shape index (κ1) is 19.5. The fourth-order valence-electron chi connectivity index (χ4n) is 3.78. The average molecular weight is 370 g/mol. The predicted octanol–water partition coefficient (Wildman–Crippen LogP) is 2.97. The van der Waals surface area contributed by atoms with Gasteiger partial charge in [0.25, 0.3) is 11.5 Å². The molecular weight excluding hydrogens is 340 g/mol. The SMILES string of the molecule is CC1CCCCN1CCCNC(=O)c1nn(C(C)C)c(=O)c2ccccc12. The molecule has 6 nitrogen and oxygen atoms in total. The third-order valence-electron chi connectivity index (χ3n) is 5.38. The van der Waals surface area contributed by atoms with E-state index in [1.54, 1.807) is 12.1 Å². The molecule has 1 aliphatic heterocycles. The molecule has 27 heavy (non-hydrogen) atoms. The molecule has 146 valence electrons. The minimum Gasteiger partial charge on any atom is -0.351 e. The van der Waals surface area contributed by atoms with E-state index >= 15 is 0 Å². The standard InChI is InChI=1S/C21H30N4O2/c1-15(2)25-21(27)18-11-5-4-10-17(18)19(23-25)20(26)22-12-8-14-24-13-7-6-9-16(24)3/h4-5,10-11,15-16H,6-9,12-14H2,1-3H3,(H,22,26). The molecule has 0 saturated carbocycles. The Hall–Kier alpha value is -2.21. The molecule has 0 bridgehead atoms. The summed E-state index contributed by atoms with van der Waals surface area (Å²) < 4.78 is 1.40. The van der Waals surface area contributed by atoms with Crippen molar-refractivity contribution in [1.82, 2.24) is 20.0 Å². The second-order valence-corrected chi connectivity index (χ2v) is 7.73. The highest BCUT2D eigenvalue weighted by Gasteiger charge is 2.19. The largest absolute Gasteiger partial charge is 0.351 e. The second kappa shape index (κ2) is 8.65. The molecule has 1 aromatic carbocycles. The Balaban J connectivity index is 1.70. The van der Waals surface area contributed by atoms with Crippen LogP contribution in [0.15, 0.2) is 29.1 Å². The summed E-state index contributed by atoms with van der Waals surface area (Å²) in [4.78, 5) is 27.8. The van der Waals surface area contributed by atoms with Crippen LogP contribution in [0.4, 0.5) is 0 Å². The van der Waals surface area contributed by atoms with Crippen molar-refractivity contribution in [3.63, 3.8) is 0 Å². The first-order valence-corrected chi connectivity index (χ1v) is 10.0. The van der Waals surface area contributed by atoms with Crippen molar-refractivity contribution in [2.75, 3.05) is 19.6 Å². The van der Waals surface area contributed by atoms with Crippen LogP contribution in [0.2, 0.25) is 0 Å². The average Bonchev–Trinajstić information content (AvgIpc) is 2.66. The number of rotatable bonds is 6. The van der Waals surface area contributed by atoms with Crippen molar-refractivity contribution >= 4 is 16.7 Å². The van der Waals surface area contributed by atoms with E-state index in [1.807, 2.05) is 26.0 Å². The number of amides is 1. The summed E-state index contributed by atoms with van der Waals surface area (Å²) in [5.41, 5.74) is 0.168. The number of hydrogen-bond donors (Lipinski definition) is 1. The number of hydrogen-bond acceptors (Lipinski definition) is 4. The van der Waals surface area contributed by atoms with Gasteiger partial charge < -0.3 is 10.2 Å². The zero-order valence-corrected chi connectivity index (χ0v) is 16.6. The highest BCUT2D eigenvalue weighted by molar-refractivity contribution is 6.04. The summed E-state index contributed by atoms with van der Waals surface area (Å²) in [6.07, 6.45) is 4.76. The molecule has 3 rings (SSSR count). The molecule has 1 fully saturated rings. The highest BCUT2D eigenvalue weighted by Crippen LogP contribution is 2.17. The van der Waals surface area contributed by atoms with Gasteiger partial charge in [-0.15, -0.1) is 0 Å². The van der Waals surface area contributed by atoms with Gasteiger partial charge >= 0.3 is 0 Å². The van der Waals surface area contributed by atoms with E-state index in [1.165, 1.54) is 23.9 Å². The minimum absolute atomic E-state index is 0.103. The second-order valence-electron chi connectivity index (χ2n) is 7.73. The third kappa shape index (κ3) is 4.38. The van der Waals surface area contributed by atoms with Gasteiger partial charge in [-0.1, -0.05) is 24.6 Å². The van der Waals surface area contributed by atoms with Crippen molar-refractivity contribution in [3.8, 4) is 0 Å². The number of benzene rings is 1. The van der Waals surface area contributed by atoms with Crippen LogP contribution in [0.1, 0.15) is 63.0 Å². The molecule has 0 spiro atoms. The lowest BCUT2D eigenvalue weighted by Crippen LogP contribution is -2.39. The van der Waals surface area contributed by atoms with E-state index in [2.05, 4.69) is 22.2 Å². The zero-order valence-electron chi connectivity index (χ0n) is 16.6. The van der Waals surface area contributed by atoms with Gasteiger partial charge in [0.15, 0.2) is 5.69 Å². The quantitative estimate of drug-likeness (QED) is 0.794. The normalized spacial score (nSPS) is 18.1. The van der Waals surface area contributed by atoms with E-state index in [0.717, 1.165) is 19.5 Å². The zero-order chi connectivity index (χ0) is 19.4. The molecule has 2 aromatic rings. The molecule has 6 heteroatoms. The number of carbonyl (C=O) groups excluding carboxylic acids is 1. The lowest BCUT2D eigenvalue weighted by atomic mass is 10.0. The van der Waals surface area contributed by atoms with Crippen molar-refractivity contribution in [2.24, 2.45) is 0 Å². The van der Waals surface area contributed by atoms with Gasteiger partial charge in [-0.3, -0.25) is 9.59 Å². The minimum atomic E-state index is -0.215. The fraction of sp³-hybridized carbons (Fsp3) is 0.571. The monoisotopic (exact) mass is 370 g/mol. The molecule has 1 atom stereocenters. The van der Waals surface area contributed by atoms with Gasteiger partial charge in [-0.2, -0.15) is 5.10 Å². The van der Waals surface area contributed by atoms with E-state index in [4.69, 9.17) is 0 Å². The van der Waals surface area contributed by atoms with Crippen LogP contribution in [0.25, 0.3) is 10.8 Å². The summed E-state index contributed by atoms with van der Waals surface area (Å²) >= 11 is 0. The van der Waals surface area contributed by atoms with Gasteiger partial charge in [-0.25, -0.2) is 4.68 Å². The molecule has 1 aliphatic rings. The van der Waals surface area contributed by atoms with Crippen LogP contribution in [-0.4, -0.2) is 46.3 Å². The number of nitrogens with one attached hydrogen (secondary N) is 1. The topological polar surface area (TPSA) is 67.2 Å². The summed E-state index contributed by atoms with van der Waals surface area (Å²) in [6, 6.07) is 7.72. The number of aromatic nitrogens is 2. The maximum Gasteiger partial charge on any atom is 0.274 e. The first-order valence-electron chi connectivity index (χ1n) is 10.0. The van der Waals surface area contributed by atoms with Gasteiger partial charge in [-0.05, 0) is 52.6 Å². The molecule has 1 amide bonds. The van der Waals surface area contributed by atoms with Gasteiger partial charge in [0.2, 0.25) is 0 Å². The summed E-state index contributed by atoms with van der Waals surface area (Å²) in [7, 11) is 0. The van der Waals surface area contributed by atoms with Crippen molar-refractivity contribution < 1.29 is 4.79 Å². The van der Waals surface area contributed by atoms with Crippen LogP contribution >= 0.6 is 0 Å². The van der Waals surface area contributed by atoms with Crippen LogP contribution in [0.5, 0.6) is 0 Å². The Bertz CT molecular complexity index is 859. The highest BCUT2D eigenvalue weighted by atomic mass is 16.2. The van der Waals surface area contributed by atoms with E-state index < -0.39 is 0 Å². The Morgan fingerprint density at radius 3 is 2.70 bits per heavy atom. The molecule has 1 saturated heterocycles. The van der Waals surface area contributed by atoms with E-state index in [-0.39, 0.29) is 17.5 Å². The lowest BCUT2D eigenvalue weighted by molar-refractivity contribution is 0.0943. The van der Waals surface area contributed by atoms with Crippen molar-refractivity contribution in [3.05, 3.63) is 40.3 Å². The summed E-state index contributed by atoms with van der Waals surface area (Å²) in [5, 5.41) is 8.50. The molecule has 1 unspecified atom stereocenters. The Morgan fingerprint density at radius 1 is 1.26 bits per heavy atom. The van der Waals surface area contributed by atoms with E-state index in [9.17, 15) is 9.59 Å². The van der Waals surface area contributed by atoms with Crippen molar-refractivity contribution in [1.29, 1.82) is 0 Å². The van der Waals surface area contributed by atoms with Crippen LogP contribution < -0.4 is 10.9 Å². The Kier molecular flexibility index (Phi) is 6.26. The Morgan fingerprint density at radius 2 is 2.00 bits per heavy atom. The van der Waals surface area contributed by atoms with Crippen LogP contribution in [0, 0.1) is 0 Å². The number of nitrogens with zero attached hydrogens (tertiary/aromatic N) is 3. The molecule has 0 radical (unpaired) electrons. The number of piperidine rings is 1. The van der Waals surface area contributed by atoms with Gasteiger partial charge in [0, 0.05) is 24.5 Å². The fourth-order valence-corrected chi connectivity index (χ4v) is 3.78. The first-order chi connectivity index (χ1) is 13.0. The Labute approximate surface area is 160 Å². The molecular formula is C21H30N4O2. The van der Waals surface area contributed by atoms with Crippen LogP contribution in [-0.2, 0) is 0 Å². The maximum atomic E-state index is 12.8. The predicted molar refractivity (Wildman–Crippen MR) is 108 cm³/mol. The van der Waals surface area contributed by atoms with Gasteiger partial charge in [0.05, 0.1) is 11.4 Å². The van der Waals surface area contributed by atoms with Gasteiger partial charge in [0.1, 0.15) is 0 Å². The number of fused-ring (bicyclic) bond motifs is 1. The third-order valence-corrected chi connectivity index (χ3v) is 5.38. The smallest absolute Gasteiger partial charge is 0.274 e. The molecule has 1 aromatic heterocycles. The summed E-state index contributed by atoms with van der Waals surface area (Å²) in [6.45, 7) is 8.83. The number of carbonyl (C=O) groups is 1. The molecule has 0 aliphatic carbocycles. The molecule has 2 heterocycles. The number of likely N-dealkylation sites (tertiary alicyclic amines) is 1. The van der Waals surface area contributed by atoms with Crippen LogP contribution in [0.3, 0.4) is 0 Å². The van der Waals surface area contributed by atoms with E-state index in [0.29, 0.717) is 29.1 Å².